The normalized spacial score (nSPS) is 16.1. The van der Waals surface area contributed by atoms with Gasteiger partial charge < -0.3 is 24.9 Å². The highest BCUT2D eigenvalue weighted by Crippen LogP contribution is 2.29. The van der Waals surface area contributed by atoms with E-state index in [4.69, 9.17) is 19.6 Å². The summed E-state index contributed by atoms with van der Waals surface area (Å²) in [5.41, 5.74) is 7.86. The molecule has 3 rings (SSSR count). The van der Waals surface area contributed by atoms with Crippen molar-refractivity contribution in [1.29, 1.82) is 0 Å². The smallest absolute Gasteiger partial charge is 0.208 e. The average Bonchev–Trinajstić information content (AvgIpc) is 3.04. The van der Waals surface area contributed by atoms with Crippen LogP contribution in [0, 0.1) is 19.8 Å². The Bertz CT molecular complexity index is 821. The number of oxazole rings is 1. The van der Waals surface area contributed by atoms with Crippen LogP contribution in [0.2, 0.25) is 0 Å². The number of nitrogens with two attached hydrogens (primary N) is 1. The number of likely N-dealkylation sites (tertiary alicyclic amines) is 1. The Morgan fingerprint density at radius 3 is 2.59 bits per heavy atom. The van der Waals surface area contributed by atoms with E-state index >= 15 is 0 Å². The molecular formula is C21H31N5O3. The van der Waals surface area contributed by atoms with Gasteiger partial charge in [0.2, 0.25) is 5.89 Å². The predicted octanol–water partition coefficient (Wildman–Crippen LogP) is 2.95. The van der Waals surface area contributed by atoms with Gasteiger partial charge in [0.25, 0.3) is 0 Å². The number of guanidine groups is 1. The number of hydrogen-bond acceptors (Lipinski definition) is 6. The van der Waals surface area contributed by atoms with Crippen LogP contribution in [0.3, 0.4) is 0 Å². The molecule has 2 aromatic rings. The van der Waals surface area contributed by atoms with Crippen molar-refractivity contribution < 1.29 is 13.9 Å². The van der Waals surface area contributed by atoms with Crippen molar-refractivity contribution >= 4 is 11.6 Å². The van der Waals surface area contributed by atoms with E-state index < -0.39 is 0 Å². The van der Waals surface area contributed by atoms with E-state index in [-0.39, 0.29) is 0 Å². The first-order valence-electron chi connectivity index (χ1n) is 9.92. The van der Waals surface area contributed by atoms with Gasteiger partial charge in [-0.15, -0.1) is 0 Å². The van der Waals surface area contributed by atoms with Gasteiger partial charge in [0, 0.05) is 18.3 Å². The molecule has 0 radical (unpaired) electrons. The summed E-state index contributed by atoms with van der Waals surface area (Å²) in [5.74, 6) is 3.97. The zero-order valence-corrected chi connectivity index (χ0v) is 17.7. The maximum Gasteiger partial charge on any atom is 0.208 e. The zero-order valence-electron chi connectivity index (χ0n) is 17.7. The van der Waals surface area contributed by atoms with Crippen LogP contribution in [0.4, 0.5) is 5.69 Å². The topological polar surface area (TPSA) is 98.1 Å². The highest BCUT2D eigenvalue weighted by atomic mass is 16.5. The standard InChI is InChI=1S/C21H31N5O3/c1-14-15(2)29-20(24-14)13-26-9-7-16(8-10-26)12-23-21(22)25-17-5-6-18(27-3)19(11-17)28-4/h5-6,11,16H,7-10,12-13H2,1-4H3,(H3,22,23,25). The number of nitrogens with one attached hydrogen (secondary N) is 1. The molecule has 2 heterocycles. The van der Waals surface area contributed by atoms with Crippen molar-refractivity contribution in [1.82, 2.24) is 9.88 Å². The maximum atomic E-state index is 6.07. The third kappa shape index (κ3) is 5.63. The first-order valence-corrected chi connectivity index (χ1v) is 9.92. The van der Waals surface area contributed by atoms with Crippen molar-refractivity contribution in [3.8, 4) is 11.5 Å². The first-order chi connectivity index (χ1) is 14.0. The highest BCUT2D eigenvalue weighted by molar-refractivity contribution is 5.92. The Morgan fingerprint density at radius 2 is 1.97 bits per heavy atom. The summed E-state index contributed by atoms with van der Waals surface area (Å²) in [5, 5.41) is 3.12. The van der Waals surface area contributed by atoms with E-state index in [0.717, 1.165) is 62.1 Å². The lowest BCUT2D eigenvalue weighted by molar-refractivity contribution is 0.166. The number of ether oxygens (including phenoxy) is 2. The number of benzene rings is 1. The number of methoxy groups -OCH3 is 2. The quantitative estimate of drug-likeness (QED) is 0.544. The van der Waals surface area contributed by atoms with Gasteiger partial charge in [0.05, 0.1) is 26.5 Å². The minimum absolute atomic E-state index is 0.408. The van der Waals surface area contributed by atoms with Gasteiger partial charge >= 0.3 is 0 Å². The van der Waals surface area contributed by atoms with Crippen molar-refractivity contribution in [3.05, 3.63) is 35.5 Å². The van der Waals surface area contributed by atoms with Crippen molar-refractivity contribution in [2.45, 2.75) is 33.2 Å². The number of aryl methyl sites for hydroxylation is 2. The number of hydrogen-bond donors (Lipinski definition) is 2. The van der Waals surface area contributed by atoms with Gasteiger partial charge in [0.15, 0.2) is 17.5 Å². The predicted molar refractivity (Wildman–Crippen MR) is 114 cm³/mol. The Hall–Kier alpha value is -2.74. The Labute approximate surface area is 172 Å². The van der Waals surface area contributed by atoms with Crippen LogP contribution >= 0.6 is 0 Å². The lowest BCUT2D eigenvalue weighted by atomic mass is 9.97. The van der Waals surface area contributed by atoms with Crippen molar-refractivity contribution in [2.24, 2.45) is 16.6 Å². The molecule has 0 aliphatic carbocycles. The van der Waals surface area contributed by atoms with Crippen LogP contribution in [0.1, 0.15) is 30.2 Å². The van der Waals surface area contributed by atoms with Gasteiger partial charge in [-0.05, 0) is 57.8 Å². The van der Waals surface area contributed by atoms with E-state index in [9.17, 15) is 0 Å². The SMILES string of the molecule is COc1ccc(NC(N)=NCC2CCN(Cc3nc(C)c(C)o3)CC2)cc1OC. The van der Waals surface area contributed by atoms with Gasteiger partial charge in [-0.3, -0.25) is 9.89 Å². The molecule has 0 amide bonds. The fraction of sp³-hybridized carbons (Fsp3) is 0.524. The molecular weight excluding hydrogens is 370 g/mol. The van der Waals surface area contributed by atoms with Gasteiger partial charge in [-0.2, -0.15) is 0 Å². The summed E-state index contributed by atoms with van der Waals surface area (Å²) in [6.45, 7) is 7.46. The minimum Gasteiger partial charge on any atom is -0.493 e. The lowest BCUT2D eigenvalue weighted by Gasteiger charge is -2.30. The van der Waals surface area contributed by atoms with Gasteiger partial charge in [-0.1, -0.05) is 0 Å². The fourth-order valence-corrected chi connectivity index (χ4v) is 3.45. The van der Waals surface area contributed by atoms with Gasteiger partial charge in [-0.25, -0.2) is 4.98 Å². The molecule has 0 bridgehead atoms. The molecule has 3 N–H and O–H groups in total. The van der Waals surface area contributed by atoms with Crippen LogP contribution in [0.15, 0.2) is 27.6 Å². The number of aliphatic imine (C=N–C) groups is 1. The average molecular weight is 402 g/mol. The summed E-state index contributed by atoms with van der Waals surface area (Å²) in [7, 11) is 3.22. The largest absolute Gasteiger partial charge is 0.493 e. The molecule has 1 saturated heterocycles. The molecule has 1 aliphatic heterocycles. The summed E-state index contributed by atoms with van der Waals surface area (Å²) in [6.07, 6.45) is 2.18. The number of anilines is 1. The summed E-state index contributed by atoms with van der Waals surface area (Å²) < 4.78 is 16.3. The molecule has 0 saturated carbocycles. The van der Waals surface area contributed by atoms with Crippen LogP contribution in [0.25, 0.3) is 0 Å². The van der Waals surface area contributed by atoms with Crippen LogP contribution < -0.4 is 20.5 Å². The van der Waals surface area contributed by atoms with E-state index in [1.54, 1.807) is 14.2 Å². The van der Waals surface area contributed by atoms with E-state index in [2.05, 4.69) is 20.2 Å². The Balaban J connectivity index is 1.46. The zero-order chi connectivity index (χ0) is 20.8. The Morgan fingerprint density at radius 1 is 1.24 bits per heavy atom. The lowest BCUT2D eigenvalue weighted by Crippen LogP contribution is -2.34. The molecule has 1 aromatic carbocycles. The molecule has 8 nitrogen and oxygen atoms in total. The summed E-state index contributed by atoms with van der Waals surface area (Å²) in [4.78, 5) is 11.4. The second kappa shape index (κ2) is 9.65. The summed E-state index contributed by atoms with van der Waals surface area (Å²) in [6, 6.07) is 5.56. The number of aromatic nitrogens is 1. The van der Waals surface area contributed by atoms with E-state index in [0.29, 0.717) is 23.4 Å². The molecule has 1 aliphatic rings. The number of rotatable bonds is 7. The molecule has 0 spiro atoms. The van der Waals surface area contributed by atoms with Gasteiger partial charge in [0.1, 0.15) is 5.76 Å². The maximum absolute atomic E-state index is 6.07. The fourth-order valence-electron chi connectivity index (χ4n) is 3.45. The Kier molecular flexibility index (Phi) is 6.98. The molecule has 1 fully saturated rings. The molecule has 29 heavy (non-hydrogen) atoms. The molecule has 8 heteroatoms. The van der Waals surface area contributed by atoms with Crippen LogP contribution in [-0.4, -0.2) is 49.7 Å². The minimum atomic E-state index is 0.408. The van der Waals surface area contributed by atoms with Crippen molar-refractivity contribution in [2.75, 3.05) is 39.2 Å². The molecule has 1 aromatic heterocycles. The molecule has 158 valence electrons. The van der Waals surface area contributed by atoms with Crippen molar-refractivity contribution in [3.63, 3.8) is 0 Å². The molecule has 0 unspecified atom stereocenters. The second-order valence-corrected chi connectivity index (χ2v) is 7.39. The van der Waals surface area contributed by atoms with E-state index in [1.165, 1.54) is 0 Å². The first kappa shape index (κ1) is 21.0. The monoisotopic (exact) mass is 401 g/mol. The number of piperidine rings is 1. The number of nitrogens with zero attached hydrogens (tertiary/aromatic N) is 3. The third-order valence-electron chi connectivity index (χ3n) is 5.31. The van der Waals surface area contributed by atoms with Crippen LogP contribution in [0.5, 0.6) is 11.5 Å². The summed E-state index contributed by atoms with van der Waals surface area (Å²) >= 11 is 0. The third-order valence-corrected chi connectivity index (χ3v) is 5.31. The highest BCUT2D eigenvalue weighted by Gasteiger charge is 2.20. The van der Waals surface area contributed by atoms with E-state index in [1.807, 2.05) is 32.0 Å². The second-order valence-electron chi connectivity index (χ2n) is 7.39. The van der Waals surface area contributed by atoms with Crippen LogP contribution in [-0.2, 0) is 6.54 Å². The molecule has 0 atom stereocenters.